The van der Waals surface area contributed by atoms with Crippen LogP contribution in [-0.4, -0.2) is 48.0 Å². The summed E-state index contributed by atoms with van der Waals surface area (Å²) in [5.41, 5.74) is 6.35. The average Bonchev–Trinajstić information content (AvgIpc) is 2.97. The zero-order valence-electron chi connectivity index (χ0n) is 22.0. The lowest BCUT2D eigenvalue weighted by Crippen LogP contribution is -2.24. The van der Waals surface area contributed by atoms with Gasteiger partial charge in [-0.25, -0.2) is 0 Å². The van der Waals surface area contributed by atoms with Crippen molar-refractivity contribution >= 4 is 11.8 Å². The summed E-state index contributed by atoms with van der Waals surface area (Å²) in [7, 11) is 5.07. The Bertz CT molecular complexity index is 1310. The second-order valence-electron chi connectivity index (χ2n) is 8.93. The van der Waals surface area contributed by atoms with Crippen LogP contribution in [0.2, 0.25) is 0 Å². The Morgan fingerprint density at radius 1 is 0.684 bits per heavy atom. The molecule has 0 spiro atoms. The summed E-state index contributed by atoms with van der Waals surface area (Å²) >= 11 is 0. The number of rotatable bonds is 9. The molecule has 0 atom stereocenters. The van der Waals surface area contributed by atoms with Crippen LogP contribution in [0.3, 0.4) is 0 Å². The number of pyridine rings is 1. The maximum Gasteiger partial charge on any atom is 0.251 e. The molecule has 0 aliphatic carbocycles. The van der Waals surface area contributed by atoms with Gasteiger partial charge in [0.1, 0.15) is 0 Å². The predicted molar refractivity (Wildman–Crippen MR) is 150 cm³/mol. The molecule has 0 fully saturated rings. The lowest BCUT2D eigenvalue weighted by Gasteiger charge is -2.11. The molecule has 3 aromatic carbocycles. The van der Waals surface area contributed by atoms with Gasteiger partial charge in [-0.05, 0) is 78.3 Å². The van der Waals surface area contributed by atoms with Gasteiger partial charge in [0.25, 0.3) is 11.8 Å². The van der Waals surface area contributed by atoms with Crippen molar-refractivity contribution in [1.82, 2.24) is 20.5 Å². The molecule has 196 valence electrons. The van der Waals surface area contributed by atoms with Gasteiger partial charge in [0.05, 0.1) is 0 Å². The van der Waals surface area contributed by atoms with Crippen molar-refractivity contribution in [2.45, 2.75) is 19.6 Å². The summed E-state index contributed by atoms with van der Waals surface area (Å²) in [4.78, 5) is 31.5. The van der Waals surface area contributed by atoms with Gasteiger partial charge < -0.3 is 20.6 Å². The van der Waals surface area contributed by atoms with Crippen LogP contribution in [0.4, 0.5) is 0 Å². The fourth-order valence-corrected chi connectivity index (χ4v) is 3.88. The number of aliphatic hydroxyl groups excluding tert-OH is 1. The van der Waals surface area contributed by atoms with Crippen LogP contribution in [0.25, 0.3) is 11.1 Å². The van der Waals surface area contributed by atoms with E-state index < -0.39 is 0 Å². The van der Waals surface area contributed by atoms with E-state index in [2.05, 4.69) is 32.7 Å². The molecule has 0 saturated heterocycles. The van der Waals surface area contributed by atoms with E-state index in [1.54, 1.807) is 18.5 Å². The topological polar surface area (TPSA) is 94.6 Å². The molecule has 1 aromatic heterocycles. The highest BCUT2D eigenvalue weighted by Gasteiger charge is 2.09. The van der Waals surface area contributed by atoms with Crippen molar-refractivity contribution in [2.75, 3.05) is 21.2 Å². The van der Waals surface area contributed by atoms with E-state index in [0.717, 1.165) is 35.9 Å². The number of nitrogens with zero attached hydrogens (tertiary/aromatic N) is 2. The zero-order valence-corrected chi connectivity index (χ0v) is 22.0. The molecule has 4 rings (SSSR count). The SMILES string of the molecule is CN(C)Cc1ccc(CNC(=O)c2cccc(CNC(=O)c3ccc(-c4ccncc4)cc3)c2)cc1.CO. The first kappa shape index (κ1) is 28.2. The first-order valence-electron chi connectivity index (χ1n) is 12.3. The second-order valence-corrected chi connectivity index (χ2v) is 8.93. The van der Waals surface area contributed by atoms with E-state index in [0.29, 0.717) is 24.2 Å². The second kappa shape index (κ2) is 14.4. The summed E-state index contributed by atoms with van der Waals surface area (Å²) in [5.74, 6) is -0.309. The normalized spacial score (nSPS) is 10.3. The van der Waals surface area contributed by atoms with Crippen molar-refractivity contribution in [3.05, 3.63) is 125 Å². The van der Waals surface area contributed by atoms with E-state index in [1.807, 2.05) is 80.8 Å². The van der Waals surface area contributed by atoms with Gasteiger partial charge in [-0.15, -0.1) is 0 Å². The fourth-order valence-electron chi connectivity index (χ4n) is 3.88. The van der Waals surface area contributed by atoms with E-state index in [1.165, 1.54) is 5.56 Å². The zero-order chi connectivity index (χ0) is 27.3. The minimum Gasteiger partial charge on any atom is -0.400 e. The lowest BCUT2D eigenvalue weighted by atomic mass is 10.0. The minimum absolute atomic E-state index is 0.146. The molecule has 0 bridgehead atoms. The van der Waals surface area contributed by atoms with Crippen LogP contribution in [0.15, 0.2) is 97.3 Å². The molecule has 0 aliphatic rings. The van der Waals surface area contributed by atoms with Gasteiger partial charge in [-0.3, -0.25) is 14.6 Å². The number of nitrogens with one attached hydrogen (secondary N) is 2. The van der Waals surface area contributed by atoms with E-state index in [-0.39, 0.29) is 11.8 Å². The number of amides is 2. The highest BCUT2D eigenvalue weighted by molar-refractivity contribution is 5.95. The van der Waals surface area contributed by atoms with Crippen LogP contribution in [0.5, 0.6) is 0 Å². The predicted octanol–water partition coefficient (Wildman–Crippen LogP) is 4.28. The highest BCUT2D eigenvalue weighted by atomic mass is 16.2. The number of hydrogen-bond donors (Lipinski definition) is 3. The molecule has 38 heavy (non-hydrogen) atoms. The third-order valence-corrected chi connectivity index (χ3v) is 5.78. The Morgan fingerprint density at radius 3 is 1.87 bits per heavy atom. The van der Waals surface area contributed by atoms with Gasteiger partial charge in [0, 0.05) is 50.3 Å². The Morgan fingerprint density at radius 2 is 1.24 bits per heavy atom. The van der Waals surface area contributed by atoms with Gasteiger partial charge in [0.15, 0.2) is 0 Å². The van der Waals surface area contributed by atoms with E-state index in [4.69, 9.17) is 5.11 Å². The maximum absolute atomic E-state index is 12.7. The van der Waals surface area contributed by atoms with E-state index >= 15 is 0 Å². The Kier molecular flexibility index (Phi) is 10.7. The Balaban J connectivity index is 0.00000195. The molecule has 0 radical (unpaired) electrons. The molecule has 0 unspecified atom stereocenters. The number of carbonyl (C=O) groups is 2. The number of aromatic nitrogens is 1. The van der Waals surface area contributed by atoms with Crippen molar-refractivity contribution < 1.29 is 14.7 Å². The quantitative estimate of drug-likeness (QED) is 0.313. The Hall–Kier alpha value is -4.33. The lowest BCUT2D eigenvalue weighted by molar-refractivity contribution is 0.0945. The maximum atomic E-state index is 12.7. The summed E-state index contributed by atoms with van der Waals surface area (Å²) in [6.07, 6.45) is 3.49. The largest absolute Gasteiger partial charge is 0.400 e. The molecular formula is C31H34N4O3. The summed E-state index contributed by atoms with van der Waals surface area (Å²) in [6, 6.07) is 26.9. The first-order valence-corrected chi connectivity index (χ1v) is 12.3. The monoisotopic (exact) mass is 510 g/mol. The molecule has 1 heterocycles. The average molecular weight is 511 g/mol. The van der Waals surface area contributed by atoms with Crippen molar-refractivity contribution in [3.63, 3.8) is 0 Å². The van der Waals surface area contributed by atoms with Crippen molar-refractivity contribution in [3.8, 4) is 11.1 Å². The molecule has 0 aliphatic heterocycles. The third-order valence-electron chi connectivity index (χ3n) is 5.78. The van der Waals surface area contributed by atoms with Crippen LogP contribution in [0.1, 0.15) is 37.4 Å². The van der Waals surface area contributed by atoms with Crippen LogP contribution < -0.4 is 10.6 Å². The van der Waals surface area contributed by atoms with Crippen LogP contribution in [-0.2, 0) is 19.6 Å². The van der Waals surface area contributed by atoms with Gasteiger partial charge >= 0.3 is 0 Å². The highest BCUT2D eigenvalue weighted by Crippen LogP contribution is 2.18. The molecular weight excluding hydrogens is 476 g/mol. The summed E-state index contributed by atoms with van der Waals surface area (Å²) < 4.78 is 0. The molecule has 2 amide bonds. The molecule has 4 aromatic rings. The smallest absolute Gasteiger partial charge is 0.251 e. The summed E-state index contributed by atoms with van der Waals surface area (Å²) in [6.45, 7) is 1.67. The van der Waals surface area contributed by atoms with Gasteiger partial charge in [-0.1, -0.05) is 48.5 Å². The van der Waals surface area contributed by atoms with Crippen molar-refractivity contribution in [2.24, 2.45) is 0 Å². The molecule has 3 N–H and O–H groups in total. The third kappa shape index (κ3) is 8.37. The summed E-state index contributed by atoms with van der Waals surface area (Å²) in [5, 5.41) is 12.9. The standard InChI is InChI=1S/C30H30N4O2.CH4O/c1-34(2)21-23-8-6-22(7-9-23)19-32-30(36)28-5-3-4-24(18-28)20-33-29(35)27-12-10-25(11-13-27)26-14-16-31-17-15-26;1-2/h3-18H,19-21H2,1-2H3,(H,32,36)(H,33,35);2H,1H3. The molecule has 7 heteroatoms. The van der Waals surface area contributed by atoms with E-state index in [9.17, 15) is 9.59 Å². The minimum atomic E-state index is -0.163. The number of aliphatic hydroxyl groups is 1. The molecule has 0 saturated carbocycles. The number of carbonyl (C=O) groups excluding carboxylic acids is 2. The number of benzene rings is 3. The van der Waals surface area contributed by atoms with Crippen LogP contribution in [0, 0.1) is 0 Å². The molecule has 7 nitrogen and oxygen atoms in total. The Labute approximate surface area is 224 Å². The van der Waals surface area contributed by atoms with Gasteiger partial charge in [0.2, 0.25) is 0 Å². The number of hydrogen-bond acceptors (Lipinski definition) is 5. The first-order chi connectivity index (χ1) is 18.5. The van der Waals surface area contributed by atoms with Gasteiger partial charge in [-0.2, -0.15) is 0 Å². The fraction of sp³-hybridized carbons (Fsp3) is 0.194. The van der Waals surface area contributed by atoms with Crippen molar-refractivity contribution in [1.29, 1.82) is 0 Å². The van der Waals surface area contributed by atoms with Crippen LogP contribution >= 0.6 is 0 Å².